The maximum atomic E-state index is 13.6. The van der Waals surface area contributed by atoms with Crippen LogP contribution in [0.4, 0.5) is 0 Å². The third-order valence-corrected chi connectivity index (χ3v) is 7.08. The molecule has 4 atom stereocenters. The van der Waals surface area contributed by atoms with Crippen LogP contribution in [0.2, 0.25) is 0 Å². The van der Waals surface area contributed by atoms with E-state index >= 15 is 0 Å². The number of rotatable bonds is 6. The number of phenolic OH excluding ortho intramolecular Hbond substituents is 1. The topological polar surface area (TPSA) is 169 Å². The van der Waals surface area contributed by atoms with Crippen LogP contribution in [0.5, 0.6) is 5.75 Å². The molecule has 11 heteroatoms. The smallest absolute Gasteiger partial charge is 0.259 e. The number of amides is 1. The summed E-state index contributed by atoms with van der Waals surface area (Å²) in [7, 11) is 3.22. The van der Waals surface area contributed by atoms with Gasteiger partial charge in [0.05, 0.1) is 24.4 Å². The number of carbonyl (C=O) groups excluding carboxylic acids is 3. The fourth-order valence-electron chi connectivity index (χ4n) is 5.58. The Bertz CT molecular complexity index is 1190. The molecular formula is C25H31N3O8. The predicted octanol–water partition coefficient (Wildman–Crippen LogP) is 0.639. The standard InChI is InChI=1S/C25H31N3O8/c1-11(2)36-27-10-26-24(34)18-21(31)19(28(3)4)14-9-13-8-12-6-5-7-15(29)16(12)20(30)17(13)22(32)25(14,35)23(18)33/h5-7,11,13-14,19,27,29,31-32,35H,8-10H2,1-4H3,(H,26,34)/t13-,14-,19-,25-/m0/s1. The predicted molar refractivity (Wildman–Crippen MR) is 127 cm³/mol. The number of Topliss-reactive ketones (excluding diaryl/α,β-unsaturated/α-hetero) is 2. The fraction of sp³-hybridized carbons (Fsp3) is 0.480. The van der Waals surface area contributed by atoms with Gasteiger partial charge < -0.3 is 25.7 Å². The molecule has 0 fully saturated rings. The number of aliphatic hydroxyl groups excluding tert-OH is 2. The first-order valence-electron chi connectivity index (χ1n) is 11.7. The summed E-state index contributed by atoms with van der Waals surface area (Å²) < 4.78 is 0. The van der Waals surface area contributed by atoms with Crippen molar-refractivity contribution in [2.24, 2.45) is 11.8 Å². The quantitative estimate of drug-likeness (QED) is 0.141. The van der Waals surface area contributed by atoms with Crippen LogP contribution >= 0.6 is 0 Å². The van der Waals surface area contributed by atoms with Crippen LogP contribution in [-0.2, 0) is 20.8 Å². The molecule has 0 spiro atoms. The first kappa shape index (κ1) is 25.8. The van der Waals surface area contributed by atoms with Crippen LogP contribution in [0.3, 0.4) is 0 Å². The van der Waals surface area contributed by atoms with Crippen molar-refractivity contribution in [3.8, 4) is 5.75 Å². The molecule has 3 aliphatic carbocycles. The molecule has 4 rings (SSSR count). The van der Waals surface area contributed by atoms with Gasteiger partial charge in [0.2, 0.25) is 5.78 Å². The Morgan fingerprint density at radius 2 is 1.92 bits per heavy atom. The average molecular weight is 502 g/mol. The number of hydrogen-bond donors (Lipinski definition) is 6. The SMILES string of the molecule is CC(C)ONCNC(=O)C1=C(O)[C@@H](N(C)C)[C@@H]2C[C@@H]3Cc4cccc(O)c4C(=O)C3=C(O)[C@]2(O)C1=O. The molecule has 1 amide bonds. The van der Waals surface area contributed by atoms with E-state index < -0.39 is 58.0 Å². The number of nitrogens with one attached hydrogen (secondary N) is 2. The molecule has 194 valence electrons. The summed E-state index contributed by atoms with van der Waals surface area (Å²) in [5.41, 5.74) is -0.399. The van der Waals surface area contributed by atoms with Gasteiger partial charge in [-0.25, -0.2) is 0 Å². The number of carbonyl (C=O) groups is 3. The molecule has 0 aromatic heterocycles. The maximum Gasteiger partial charge on any atom is 0.259 e. The van der Waals surface area contributed by atoms with Crippen LogP contribution < -0.4 is 10.8 Å². The molecule has 6 N–H and O–H groups in total. The maximum absolute atomic E-state index is 13.6. The van der Waals surface area contributed by atoms with Gasteiger partial charge in [0.25, 0.3) is 5.91 Å². The minimum Gasteiger partial charge on any atom is -0.510 e. The molecule has 0 heterocycles. The summed E-state index contributed by atoms with van der Waals surface area (Å²) in [5.74, 6) is -6.11. The van der Waals surface area contributed by atoms with E-state index in [4.69, 9.17) is 4.84 Å². The van der Waals surface area contributed by atoms with Crippen molar-refractivity contribution in [1.29, 1.82) is 0 Å². The van der Waals surface area contributed by atoms with E-state index in [9.17, 15) is 34.8 Å². The normalized spacial score (nSPS) is 27.8. The second kappa shape index (κ2) is 9.32. The van der Waals surface area contributed by atoms with Crippen LogP contribution in [0.15, 0.2) is 40.9 Å². The lowest BCUT2D eigenvalue weighted by atomic mass is 9.58. The summed E-state index contributed by atoms with van der Waals surface area (Å²) in [6, 6.07) is 3.66. The number of allylic oxidation sites excluding steroid dienone is 1. The minimum atomic E-state index is -2.63. The van der Waals surface area contributed by atoms with E-state index in [2.05, 4.69) is 10.8 Å². The molecule has 0 aliphatic heterocycles. The first-order valence-corrected chi connectivity index (χ1v) is 11.7. The van der Waals surface area contributed by atoms with Crippen molar-refractivity contribution in [1.82, 2.24) is 15.7 Å². The van der Waals surface area contributed by atoms with Crippen molar-refractivity contribution >= 4 is 17.5 Å². The lowest BCUT2D eigenvalue weighted by molar-refractivity contribution is -0.148. The summed E-state index contributed by atoms with van der Waals surface area (Å²) >= 11 is 0. The third-order valence-electron chi connectivity index (χ3n) is 7.08. The van der Waals surface area contributed by atoms with E-state index in [-0.39, 0.29) is 42.5 Å². The van der Waals surface area contributed by atoms with E-state index in [1.165, 1.54) is 6.07 Å². The van der Waals surface area contributed by atoms with E-state index in [1.54, 1.807) is 45.0 Å². The van der Waals surface area contributed by atoms with Gasteiger partial charge >= 0.3 is 0 Å². The number of ketones is 2. The van der Waals surface area contributed by atoms with Gasteiger partial charge in [0.15, 0.2) is 11.4 Å². The second-order valence-corrected chi connectivity index (χ2v) is 9.90. The number of phenols is 1. The summed E-state index contributed by atoms with van der Waals surface area (Å²) in [4.78, 5) is 46.6. The molecule has 36 heavy (non-hydrogen) atoms. The Morgan fingerprint density at radius 1 is 1.22 bits per heavy atom. The van der Waals surface area contributed by atoms with Gasteiger partial charge in [-0.1, -0.05) is 12.1 Å². The molecule has 0 saturated heterocycles. The molecule has 0 radical (unpaired) electrons. The van der Waals surface area contributed by atoms with E-state index in [0.29, 0.717) is 5.56 Å². The molecule has 1 aromatic rings. The van der Waals surface area contributed by atoms with Gasteiger partial charge in [-0.2, -0.15) is 5.48 Å². The Labute approximate surface area is 208 Å². The molecule has 11 nitrogen and oxygen atoms in total. The van der Waals surface area contributed by atoms with Crippen molar-refractivity contribution in [2.45, 2.75) is 44.4 Å². The number of fused-ring (bicyclic) bond motifs is 3. The van der Waals surface area contributed by atoms with Gasteiger partial charge in [-0.3, -0.25) is 24.1 Å². The average Bonchev–Trinajstić information content (AvgIpc) is 2.79. The lowest BCUT2D eigenvalue weighted by Crippen LogP contribution is -2.64. The summed E-state index contributed by atoms with van der Waals surface area (Å²) in [5, 5.41) is 46.8. The van der Waals surface area contributed by atoms with Gasteiger partial charge in [0.1, 0.15) is 22.8 Å². The lowest BCUT2D eigenvalue weighted by Gasteiger charge is -2.50. The Kier molecular flexibility index (Phi) is 6.69. The number of benzene rings is 1. The minimum absolute atomic E-state index is 0.0114. The zero-order chi connectivity index (χ0) is 26.5. The number of aromatic hydroxyl groups is 1. The third kappa shape index (κ3) is 3.88. The number of likely N-dealkylation sites (N-methyl/N-ethyl adjacent to an activating group) is 1. The number of nitrogens with zero attached hydrogens (tertiary/aromatic N) is 1. The largest absolute Gasteiger partial charge is 0.510 e. The zero-order valence-electron chi connectivity index (χ0n) is 20.5. The van der Waals surface area contributed by atoms with Gasteiger partial charge in [0, 0.05) is 11.5 Å². The van der Waals surface area contributed by atoms with Crippen molar-refractivity contribution in [2.75, 3.05) is 20.8 Å². The Hall–Kier alpha value is -3.25. The number of hydrogen-bond acceptors (Lipinski definition) is 10. The highest BCUT2D eigenvalue weighted by Crippen LogP contribution is 2.52. The van der Waals surface area contributed by atoms with Crippen molar-refractivity contribution in [3.05, 3.63) is 52.0 Å². The van der Waals surface area contributed by atoms with Crippen LogP contribution in [0.25, 0.3) is 0 Å². The highest BCUT2D eigenvalue weighted by molar-refractivity contribution is 6.25. The Morgan fingerprint density at radius 3 is 2.56 bits per heavy atom. The van der Waals surface area contributed by atoms with Crippen molar-refractivity contribution in [3.63, 3.8) is 0 Å². The molecular weight excluding hydrogens is 470 g/mol. The van der Waals surface area contributed by atoms with Crippen LogP contribution in [0.1, 0.15) is 36.2 Å². The van der Waals surface area contributed by atoms with Gasteiger partial charge in [-0.15, -0.1) is 0 Å². The van der Waals surface area contributed by atoms with E-state index in [1.807, 2.05) is 0 Å². The molecule has 1 aromatic carbocycles. The summed E-state index contributed by atoms with van der Waals surface area (Å²) in [6.07, 6.45) is 0.185. The first-order chi connectivity index (χ1) is 16.9. The fourth-order valence-corrected chi connectivity index (χ4v) is 5.58. The van der Waals surface area contributed by atoms with E-state index in [0.717, 1.165) is 0 Å². The Balaban J connectivity index is 1.78. The number of aliphatic hydroxyl groups is 3. The highest BCUT2D eigenvalue weighted by atomic mass is 16.7. The zero-order valence-corrected chi connectivity index (χ0v) is 20.5. The van der Waals surface area contributed by atoms with Crippen LogP contribution in [0, 0.1) is 11.8 Å². The molecule has 0 bridgehead atoms. The highest BCUT2D eigenvalue weighted by Gasteiger charge is 2.63. The second-order valence-electron chi connectivity index (χ2n) is 9.90. The molecule has 0 unspecified atom stereocenters. The van der Waals surface area contributed by atoms with Crippen molar-refractivity contribution < 1.29 is 39.6 Å². The molecule has 3 aliphatic rings. The van der Waals surface area contributed by atoms with Gasteiger partial charge in [-0.05, 0) is 58.3 Å². The number of hydroxylamine groups is 1. The summed E-state index contributed by atoms with van der Waals surface area (Å²) in [6.45, 7) is 3.34. The monoisotopic (exact) mass is 501 g/mol. The van der Waals surface area contributed by atoms with Crippen LogP contribution in [-0.4, -0.2) is 81.3 Å². The molecule has 0 saturated carbocycles.